The number of ketones is 1. The Morgan fingerprint density at radius 2 is 1.81 bits per heavy atom. The van der Waals surface area contributed by atoms with E-state index in [0.29, 0.717) is 31.0 Å². The molecule has 1 aliphatic rings. The first-order chi connectivity index (χ1) is 14.9. The summed E-state index contributed by atoms with van der Waals surface area (Å²) >= 11 is 0. The monoisotopic (exact) mass is 424 g/mol. The number of likely N-dealkylation sites (N-methyl/N-ethyl adjacent to an activating group) is 1. The van der Waals surface area contributed by atoms with Crippen molar-refractivity contribution in [3.63, 3.8) is 0 Å². The minimum atomic E-state index is -0.670. The van der Waals surface area contributed by atoms with Crippen molar-refractivity contribution in [2.24, 2.45) is 0 Å². The third-order valence-corrected chi connectivity index (χ3v) is 5.31. The van der Waals surface area contributed by atoms with Crippen molar-refractivity contribution in [2.45, 2.75) is 25.8 Å². The van der Waals surface area contributed by atoms with Crippen LogP contribution in [0.2, 0.25) is 0 Å². The number of benzene rings is 1. The zero-order valence-corrected chi connectivity index (χ0v) is 18.3. The molecule has 0 bridgehead atoms. The molecule has 2 heterocycles. The van der Waals surface area contributed by atoms with E-state index < -0.39 is 17.7 Å². The molecule has 1 aliphatic heterocycles. The number of pyridine rings is 1. The van der Waals surface area contributed by atoms with E-state index in [1.54, 1.807) is 53.7 Å². The van der Waals surface area contributed by atoms with Gasteiger partial charge in [0.05, 0.1) is 45.4 Å². The highest BCUT2D eigenvalue weighted by Crippen LogP contribution is 2.39. The van der Waals surface area contributed by atoms with Gasteiger partial charge >= 0.3 is 0 Å². The molecular weight excluding hydrogens is 394 g/mol. The number of amides is 1. The number of likely N-dealkylation sites (tertiary alicyclic amines) is 1. The molecule has 3 rings (SSSR count). The van der Waals surface area contributed by atoms with Gasteiger partial charge < -0.3 is 19.6 Å². The topological polar surface area (TPSA) is 84.2 Å². The van der Waals surface area contributed by atoms with Gasteiger partial charge in [-0.25, -0.2) is 0 Å². The van der Waals surface area contributed by atoms with Gasteiger partial charge in [-0.15, -0.1) is 0 Å². The molecule has 0 unspecified atom stereocenters. The van der Waals surface area contributed by atoms with Crippen molar-refractivity contribution < 1.29 is 24.3 Å². The predicted octanol–water partition coefficient (Wildman–Crippen LogP) is 1.83. The van der Waals surface area contributed by atoms with Gasteiger partial charge in [0.25, 0.3) is 11.7 Å². The van der Waals surface area contributed by atoms with Crippen molar-refractivity contribution in [2.75, 3.05) is 33.8 Å². The summed E-state index contributed by atoms with van der Waals surface area (Å²) in [6, 6.07) is 9.82. The molecule has 0 saturated carbocycles. The summed E-state index contributed by atoms with van der Waals surface area (Å²) in [5, 5.41) is 11.1. The maximum Gasteiger partial charge on any atom is 0.295 e. The number of Topliss-reactive ketones (excluding diaryl/α,β-unsaturated/α-hetero) is 1. The van der Waals surface area contributed by atoms with E-state index >= 15 is 0 Å². The number of aliphatic hydroxyl groups excluding tert-OH is 1. The first-order valence-corrected chi connectivity index (χ1v) is 10.6. The van der Waals surface area contributed by atoms with Crippen LogP contribution in [-0.2, 0) is 9.59 Å². The van der Waals surface area contributed by atoms with E-state index in [0.717, 1.165) is 23.3 Å². The summed E-state index contributed by atoms with van der Waals surface area (Å²) in [5.74, 6) is -0.745. The van der Waals surface area contributed by atoms with Crippen LogP contribution < -0.4 is 9.64 Å². The fraction of sp³-hybridized carbons (Fsp3) is 0.375. The van der Waals surface area contributed by atoms with Crippen LogP contribution in [0, 0.1) is 0 Å². The molecule has 0 radical (unpaired) electrons. The van der Waals surface area contributed by atoms with E-state index in [2.05, 4.69) is 11.9 Å². The van der Waals surface area contributed by atoms with Crippen LogP contribution in [0.5, 0.6) is 5.75 Å². The second kappa shape index (κ2) is 10.2. The van der Waals surface area contributed by atoms with Crippen LogP contribution in [0.3, 0.4) is 0 Å². The number of rotatable bonds is 9. The fourth-order valence-electron chi connectivity index (χ4n) is 3.55. The first kappa shape index (κ1) is 22.5. The number of aliphatic hydroxyl groups is 1. The maximum atomic E-state index is 12.9. The zero-order chi connectivity index (χ0) is 22.4. The molecule has 1 fully saturated rings. The molecule has 7 heteroatoms. The molecule has 1 aromatic carbocycles. The Balaban J connectivity index is 1.98. The summed E-state index contributed by atoms with van der Waals surface area (Å²) in [4.78, 5) is 32.5. The largest absolute Gasteiger partial charge is 0.507 e. The Kier molecular flexibility index (Phi) is 7.41. The number of carbonyl (C=O) groups excluding carboxylic acids is 2. The van der Waals surface area contributed by atoms with Gasteiger partial charge in [-0.1, -0.05) is 13.3 Å². The Labute approximate surface area is 183 Å². The second-order valence-corrected chi connectivity index (χ2v) is 7.96. The number of nitrogens with zero attached hydrogens (tertiary/aromatic N) is 2. The van der Waals surface area contributed by atoms with Crippen LogP contribution >= 0.6 is 0 Å². The van der Waals surface area contributed by atoms with Crippen LogP contribution in [-0.4, -0.2) is 60.5 Å². The molecule has 31 heavy (non-hydrogen) atoms. The van der Waals surface area contributed by atoms with E-state index in [9.17, 15) is 14.7 Å². The SMILES string of the molecule is CCCCOc1ccc(C(O)=C2C(=O)C(=O)N(CC[NH+](C)C)[C@@H]2c2ccncc2)cc1. The summed E-state index contributed by atoms with van der Waals surface area (Å²) in [6.45, 7) is 3.81. The third kappa shape index (κ3) is 5.11. The van der Waals surface area contributed by atoms with Gasteiger partial charge in [0.1, 0.15) is 11.5 Å². The summed E-state index contributed by atoms with van der Waals surface area (Å²) in [5.41, 5.74) is 1.31. The molecule has 0 spiro atoms. The Hall–Kier alpha value is -3.19. The Morgan fingerprint density at radius 1 is 1.13 bits per heavy atom. The highest BCUT2D eigenvalue weighted by molar-refractivity contribution is 6.46. The lowest BCUT2D eigenvalue weighted by atomic mass is 9.96. The minimum absolute atomic E-state index is 0.101. The number of hydrogen-bond donors (Lipinski definition) is 2. The van der Waals surface area contributed by atoms with Gasteiger partial charge in [0, 0.05) is 18.0 Å². The van der Waals surface area contributed by atoms with Crippen molar-refractivity contribution in [1.29, 1.82) is 0 Å². The van der Waals surface area contributed by atoms with Crippen molar-refractivity contribution in [3.05, 3.63) is 65.5 Å². The molecule has 2 N–H and O–H groups in total. The number of carbonyl (C=O) groups is 2. The molecule has 1 saturated heterocycles. The van der Waals surface area contributed by atoms with E-state index in [1.165, 1.54) is 0 Å². The molecule has 1 aromatic heterocycles. The smallest absolute Gasteiger partial charge is 0.295 e. The highest BCUT2D eigenvalue weighted by atomic mass is 16.5. The van der Waals surface area contributed by atoms with Gasteiger partial charge in [-0.05, 0) is 48.4 Å². The number of nitrogens with one attached hydrogen (secondary N) is 1. The fourth-order valence-corrected chi connectivity index (χ4v) is 3.55. The van der Waals surface area contributed by atoms with E-state index in [-0.39, 0.29) is 11.3 Å². The molecule has 2 aromatic rings. The van der Waals surface area contributed by atoms with Gasteiger partial charge in [0.2, 0.25) is 0 Å². The lowest BCUT2D eigenvalue weighted by molar-refractivity contribution is -0.857. The molecular formula is C24H30N3O4+. The molecule has 1 atom stereocenters. The third-order valence-electron chi connectivity index (χ3n) is 5.31. The average molecular weight is 425 g/mol. The van der Waals surface area contributed by atoms with Crippen molar-refractivity contribution >= 4 is 17.4 Å². The van der Waals surface area contributed by atoms with Crippen LogP contribution in [0.1, 0.15) is 36.9 Å². The first-order valence-electron chi connectivity index (χ1n) is 10.6. The number of aromatic nitrogens is 1. The molecule has 1 amide bonds. The Morgan fingerprint density at radius 3 is 2.42 bits per heavy atom. The van der Waals surface area contributed by atoms with Crippen LogP contribution in [0.4, 0.5) is 0 Å². The van der Waals surface area contributed by atoms with Crippen molar-refractivity contribution in [3.8, 4) is 5.75 Å². The zero-order valence-electron chi connectivity index (χ0n) is 18.3. The number of quaternary nitrogens is 1. The predicted molar refractivity (Wildman–Crippen MR) is 118 cm³/mol. The number of ether oxygens (including phenoxy) is 1. The van der Waals surface area contributed by atoms with Gasteiger partial charge in [-0.2, -0.15) is 0 Å². The van der Waals surface area contributed by atoms with Crippen LogP contribution in [0.15, 0.2) is 54.4 Å². The summed E-state index contributed by atoms with van der Waals surface area (Å²) in [7, 11) is 3.98. The maximum absolute atomic E-state index is 12.9. The summed E-state index contributed by atoms with van der Waals surface area (Å²) < 4.78 is 5.67. The van der Waals surface area contributed by atoms with E-state index in [4.69, 9.17) is 4.74 Å². The number of hydrogen-bond acceptors (Lipinski definition) is 5. The molecule has 164 valence electrons. The quantitative estimate of drug-likeness (QED) is 0.278. The minimum Gasteiger partial charge on any atom is -0.507 e. The lowest BCUT2D eigenvalue weighted by Crippen LogP contribution is -3.06. The average Bonchev–Trinajstić information content (AvgIpc) is 3.03. The normalized spacial score (nSPS) is 18.1. The Bertz CT molecular complexity index is 939. The molecule has 0 aliphatic carbocycles. The van der Waals surface area contributed by atoms with Gasteiger partial charge in [0.15, 0.2) is 0 Å². The molecule has 7 nitrogen and oxygen atoms in total. The lowest BCUT2D eigenvalue weighted by Gasteiger charge is -2.25. The second-order valence-electron chi connectivity index (χ2n) is 7.96. The van der Waals surface area contributed by atoms with Crippen LogP contribution in [0.25, 0.3) is 5.76 Å². The standard InChI is InChI=1S/C24H29N3O4/c1-4-5-16-31-19-8-6-18(7-9-19)22(28)20-21(17-10-12-25-13-11-17)27(15-14-26(2)3)24(30)23(20)29/h6-13,21,28H,4-5,14-16H2,1-3H3/p+1/t21-/m1/s1. The van der Waals surface area contributed by atoms with Crippen molar-refractivity contribution in [1.82, 2.24) is 9.88 Å². The number of unbranched alkanes of at least 4 members (excludes halogenated alkanes) is 1. The van der Waals surface area contributed by atoms with E-state index in [1.807, 2.05) is 14.1 Å². The summed E-state index contributed by atoms with van der Waals surface area (Å²) in [6.07, 6.45) is 5.25. The highest BCUT2D eigenvalue weighted by Gasteiger charge is 2.46. The van der Waals surface area contributed by atoms with Gasteiger partial charge in [-0.3, -0.25) is 14.6 Å².